The fourth-order valence-corrected chi connectivity index (χ4v) is 4.07. The van der Waals surface area contributed by atoms with Gasteiger partial charge in [0.05, 0.1) is 5.75 Å². The minimum absolute atomic E-state index is 0.185. The molecule has 0 aliphatic heterocycles. The van der Waals surface area contributed by atoms with E-state index in [1.54, 1.807) is 18.2 Å². The molecule has 0 aliphatic carbocycles. The van der Waals surface area contributed by atoms with Crippen molar-refractivity contribution in [3.8, 4) is 0 Å². The van der Waals surface area contributed by atoms with Gasteiger partial charge in [-0.05, 0) is 24.5 Å². The highest BCUT2D eigenvalue weighted by Crippen LogP contribution is 2.26. The highest BCUT2D eigenvalue weighted by Gasteiger charge is 2.17. The van der Waals surface area contributed by atoms with Crippen LogP contribution in [0.2, 0.25) is 10.0 Å². The van der Waals surface area contributed by atoms with Crippen LogP contribution in [-0.2, 0) is 15.8 Å². The van der Waals surface area contributed by atoms with E-state index in [1.807, 2.05) is 0 Å². The van der Waals surface area contributed by atoms with Gasteiger partial charge in [0.15, 0.2) is 0 Å². The lowest BCUT2D eigenvalue weighted by molar-refractivity contribution is 0.443. The van der Waals surface area contributed by atoms with Gasteiger partial charge in [-0.3, -0.25) is 0 Å². The van der Waals surface area contributed by atoms with Crippen LogP contribution < -0.4 is 4.72 Å². The van der Waals surface area contributed by atoms with Crippen LogP contribution >= 0.6 is 23.2 Å². The molecule has 0 saturated heterocycles. The molecule has 0 spiro atoms. The van der Waals surface area contributed by atoms with E-state index < -0.39 is 10.0 Å². The standard InChI is InChI=1S/C15H23Cl2NO2S/c1-3-5-7-12(4-2)10-18-21(19,20)11-13-14(16)8-6-9-15(13)17/h6,8-9,12,18H,3-5,7,10-11H2,1-2H3/t12-/m1/s1. The van der Waals surface area contributed by atoms with Crippen LogP contribution in [0.15, 0.2) is 18.2 Å². The number of benzene rings is 1. The lowest BCUT2D eigenvalue weighted by Crippen LogP contribution is -2.30. The van der Waals surface area contributed by atoms with Crippen LogP contribution in [-0.4, -0.2) is 15.0 Å². The molecule has 1 rings (SSSR count). The SMILES string of the molecule is CCCC[C@@H](CC)CNS(=O)(=O)Cc1c(Cl)cccc1Cl. The first-order valence-corrected chi connectivity index (χ1v) is 9.70. The monoisotopic (exact) mass is 351 g/mol. The number of hydrogen-bond acceptors (Lipinski definition) is 2. The Morgan fingerprint density at radius 1 is 1.19 bits per heavy atom. The summed E-state index contributed by atoms with van der Waals surface area (Å²) >= 11 is 12.0. The summed E-state index contributed by atoms with van der Waals surface area (Å²) in [5.41, 5.74) is 0.454. The summed E-state index contributed by atoms with van der Waals surface area (Å²) in [6.07, 6.45) is 4.26. The zero-order valence-corrected chi connectivity index (χ0v) is 14.9. The molecule has 3 nitrogen and oxygen atoms in total. The molecule has 0 amide bonds. The number of hydrogen-bond donors (Lipinski definition) is 1. The summed E-state index contributed by atoms with van der Waals surface area (Å²) in [4.78, 5) is 0. The van der Waals surface area contributed by atoms with Crippen LogP contribution in [0.3, 0.4) is 0 Å². The van der Waals surface area contributed by atoms with Crippen LogP contribution in [0.1, 0.15) is 45.1 Å². The molecule has 0 heterocycles. The molecule has 0 fully saturated rings. The third-order valence-electron chi connectivity index (χ3n) is 3.53. The van der Waals surface area contributed by atoms with Crippen LogP contribution in [0.4, 0.5) is 0 Å². The minimum atomic E-state index is -3.43. The highest BCUT2D eigenvalue weighted by molar-refractivity contribution is 7.88. The van der Waals surface area contributed by atoms with E-state index in [9.17, 15) is 8.42 Å². The van der Waals surface area contributed by atoms with E-state index in [0.717, 1.165) is 25.7 Å². The van der Waals surface area contributed by atoms with Crippen molar-refractivity contribution in [3.05, 3.63) is 33.8 Å². The van der Waals surface area contributed by atoms with Gasteiger partial charge < -0.3 is 0 Å². The van der Waals surface area contributed by atoms with Crippen LogP contribution in [0.25, 0.3) is 0 Å². The third kappa shape index (κ3) is 6.55. The molecule has 1 N–H and O–H groups in total. The zero-order chi connectivity index (χ0) is 15.9. The second kappa shape index (κ2) is 8.99. The first-order valence-electron chi connectivity index (χ1n) is 7.29. The van der Waals surface area contributed by atoms with E-state index in [1.165, 1.54) is 0 Å². The Kier molecular flexibility index (Phi) is 8.03. The van der Waals surface area contributed by atoms with E-state index in [0.29, 0.717) is 28.1 Å². The molecular formula is C15H23Cl2NO2S. The third-order valence-corrected chi connectivity index (χ3v) is 5.51. The van der Waals surface area contributed by atoms with Crippen molar-refractivity contribution in [2.45, 2.75) is 45.3 Å². The molecule has 21 heavy (non-hydrogen) atoms. The largest absolute Gasteiger partial charge is 0.215 e. The number of nitrogens with one attached hydrogen (secondary N) is 1. The Labute approximate surface area is 138 Å². The summed E-state index contributed by atoms with van der Waals surface area (Å²) in [5.74, 6) is 0.192. The molecule has 1 aromatic rings. The van der Waals surface area contributed by atoms with Gasteiger partial charge in [0, 0.05) is 22.2 Å². The molecule has 0 bridgehead atoms. The first-order chi connectivity index (χ1) is 9.89. The molecule has 0 radical (unpaired) electrons. The predicted molar refractivity (Wildman–Crippen MR) is 90.4 cm³/mol. The van der Waals surface area contributed by atoms with Gasteiger partial charge in [0.2, 0.25) is 10.0 Å². The van der Waals surface area contributed by atoms with Crippen molar-refractivity contribution in [1.29, 1.82) is 0 Å². The van der Waals surface area contributed by atoms with Gasteiger partial charge >= 0.3 is 0 Å². The van der Waals surface area contributed by atoms with Crippen LogP contribution in [0, 0.1) is 5.92 Å². The Bertz CT molecular complexity index is 526. The maximum absolute atomic E-state index is 12.2. The molecule has 1 atom stereocenters. The second-order valence-electron chi connectivity index (χ2n) is 5.22. The summed E-state index contributed by atoms with van der Waals surface area (Å²) in [7, 11) is -3.43. The number of sulfonamides is 1. The average molecular weight is 352 g/mol. The number of halogens is 2. The van der Waals surface area contributed by atoms with Gasteiger partial charge in [-0.15, -0.1) is 0 Å². The Morgan fingerprint density at radius 2 is 1.81 bits per heavy atom. The van der Waals surface area contributed by atoms with Gasteiger partial charge in [0.25, 0.3) is 0 Å². The van der Waals surface area contributed by atoms with Gasteiger partial charge in [-0.2, -0.15) is 0 Å². The van der Waals surface area contributed by atoms with Crippen LogP contribution in [0.5, 0.6) is 0 Å². The Hall–Kier alpha value is -0.290. The van der Waals surface area contributed by atoms with Gasteiger partial charge in [-0.1, -0.05) is 62.4 Å². The Balaban J connectivity index is 2.65. The molecule has 0 saturated carbocycles. The fraction of sp³-hybridized carbons (Fsp3) is 0.600. The average Bonchev–Trinajstić information content (AvgIpc) is 2.43. The second-order valence-corrected chi connectivity index (χ2v) is 7.85. The fourth-order valence-electron chi connectivity index (χ4n) is 2.10. The number of rotatable bonds is 9. The summed E-state index contributed by atoms with van der Waals surface area (Å²) in [6, 6.07) is 4.99. The summed E-state index contributed by atoms with van der Waals surface area (Å²) in [5, 5.41) is 0.761. The maximum Gasteiger partial charge on any atom is 0.215 e. The highest BCUT2D eigenvalue weighted by atomic mass is 35.5. The molecule has 120 valence electrons. The lowest BCUT2D eigenvalue weighted by atomic mass is 10.00. The molecule has 0 unspecified atom stereocenters. The molecular weight excluding hydrogens is 329 g/mol. The Morgan fingerprint density at radius 3 is 2.33 bits per heavy atom. The molecule has 0 aromatic heterocycles. The summed E-state index contributed by atoms with van der Waals surface area (Å²) < 4.78 is 27.0. The molecule has 6 heteroatoms. The smallest absolute Gasteiger partial charge is 0.215 e. The van der Waals surface area contributed by atoms with Crippen molar-refractivity contribution in [2.24, 2.45) is 5.92 Å². The summed E-state index contributed by atoms with van der Waals surface area (Å²) in [6.45, 7) is 4.69. The zero-order valence-electron chi connectivity index (χ0n) is 12.5. The van der Waals surface area contributed by atoms with Gasteiger partial charge in [-0.25, -0.2) is 13.1 Å². The normalized spacial score (nSPS) is 13.3. The molecule has 0 aliphatic rings. The van der Waals surface area contributed by atoms with Crippen molar-refractivity contribution in [1.82, 2.24) is 4.72 Å². The van der Waals surface area contributed by atoms with E-state index in [4.69, 9.17) is 23.2 Å². The van der Waals surface area contributed by atoms with E-state index in [-0.39, 0.29) is 5.75 Å². The molecule has 1 aromatic carbocycles. The maximum atomic E-state index is 12.2. The van der Waals surface area contributed by atoms with Crippen molar-refractivity contribution < 1.29 is 8.42 Å². The topological polar surface area (TPSA) is 46.2 Å². The van der Waals surface area contributed by atoms with Crippen molar-refractivity contribution in [2.75, 3.05) is 6.54 Å². The quantitative estimate of drug-likeness (QED) is 0.704. The van der Waals surface area contributed by atoms with Crippen molar-refractivity contribution in [3.63, 3.8) is 0 Å². The minimum Gasteiger partial charge on any atom is -0.215 e. The lowest BCUT2D eigenvalue weighted by Gasteiger charge is -2.16. The number of unbranched alkanes of at least 4 members (excludes halogenated alkanes) is 1. The van der Waals surface area contributed by atoms with Gasteiger partial charge in [0.1, 0.15) is 0 Å². The first kappa shape index (κ1) is 18.8. The van der Waals surface area contributed by atoms with E-state index >= 15 is 0 Å². The van der Waals surface area contributed by atoms with E-state index in [2.05, 4.69) is 18.6 Å². The predicted octanol–water partition coefficient (Wildman–Crippen LogP) is 4.63. The van der Waals surface area contributed by atoms with Crippen molar-refractivity contribution >= 4 is 33.2 Å².